The summed E-state index contributed by atoms with van der Waals surface area (Å²) in [5.41, 5.74) is -0.243. The van der Waals surface area contributed by atoms with Crippen molar-refractivity contribution in [2.75, 3.05) is 6.54 Å². The van der Waals surface area contributed by atoms with Crippen LogP contribution in [-0.2, 0) is 0 Å². The second-order valence-electron chi connectivity index (χ2n) is 4.85. The molecule has 0 saturated carbocycles. The minimum atomic E-state index is -0.586. The Morgan fingerprint density at radius 3 is 2.58 bits per heavy atom. The molecule has 1 aromatic rings. The van der Waals surface area contributed by atoms with E-state index in [1.165, 1.54) is 18.2 Å². The topological polar surface area (TPSA) is 72.2 Å². The third-order valence-electron chi connectivity index (χ3n) is 3.12. The van der Waals surface area contributed by atoms with Crippen LogP contribution in [0.4, 0.5) is 5.69 Å². The van der Waals surface area contributed by atoms with Gasteiger partial charge in [-0.05, 0) is 24.0 Å². The lowest BCUT2D eigenvalue weighted by molar-refractivity contribution is -0.385. The second-order valence-corrected chi connectivity index (χ2v) is 5.29. The number of carbonyl (C=O) groups excluding carboxylic acids is 1. The van der Waals surface area contributed by atoms with Crippen molar-refractivity contribution in [2.24, 2.45) is 11.8 Å². The number of halogens is 1. The van der Waals surface area contributed by atoms with Gasteiger partial charge in [-0.3, -0.25) is 14.9 Å². The van der Waals surface area contributed by atoms with Gasteiger partial charge in [0.05, 0.1) is 4.92 Å². The van der Waals surface area contributed by atoms with Crippen LogP contribution < -0.4 is 5.32 Å². The minimum absolute atomic E-state index is 0.00606. The molecule has 1 N–H and O–H groups in total. The Morgan fingerprint density at radius 2 is 2.05 bits per heavy atom. The Hall–Kier alpha value is -1.62. The summed E-state index contributed by atoms with van der Waals surface area (Å²) in [6.45, 7) is 6.59. The summed E-state index contributed by atoms with van der Waals surface area (Å²) in [6, 6.07) is 3.95. The molecule has 0 aliphatic heterocycles. The maximum atomic E-state index is 12.0. The molecule has 0 bridgehead atoms. The van der Waals surface area contributed by atoms with Crippen molar-refractivity contribution in [2.45, 2.75) is 20.8 Å². The van der Waals surface area contributed by atoms with E-state index in [-0.39, 0.29) is 11.3 Å². The van der Waals surface area contributed by atoms with Crippen molar-refractivity contribution >= 4 is 23.2 Å². The Balaban J connectivity index is 2.87. The van der Waals surface area contributed by atoms with Crippen LogP contribution in [0.25, 0.3) is 0 Å². The molecule has 1 atom stereocenters. The number of nitrogens with one attached hydrogen (secondary N) is 1. The van der Waals surface area contributed by atoms with E-state index in [1.54, 1.807) is 0 Å². The van der Waals surface area contributed by atoms with E-state index in [0.717, 1.165) is 0 Å². The molecule has 0 spiro atoms. The van der Waals surface area contributed by atoms with Gasteiger partial charge in [-0.1, -0.05) is 32.4 Å². The average molecular weight is 285 g/mol. The highest BCUT2D eigenvalue weighted by Crippen LogP contribution is 2.22. The quantitative estimate of drug-likeness (QED) is 0.666. The second kappa shape index (κ2) is 6.52. The lowest BCUT2D eigenvalue weighted by atomic mass is 9.98. The van der Waals surface area contributed by atoms with E-state index in [4.69, 9.17) is 11.6 Å². The van der Waals surface area contributed by atoms with Gasteiger partial charge in [0.1, 0.15) is 5.56 Å². The molecular weight excluding hydrogens is 268 g/mol. The maximum absolute atomic E-state index is 12.0. The summed E-state index contributed by atoms with van der Waals surface area (Å²) in [4.78, 5) is 22.3. The van der Waals surface area contributed by atoms with E-state index in [1.807, 2.05) is 6.92 Å². The van der Waals surface area contributed by atoms with Crippen molar-refractivity contribution in [1.29, 1.82) is 0 Å². The predicted molar refractivity (Wildman–Crippen MR) is 74.4 cm³/mol. The van der Waals surface area contributed by atoms with Crippen LogP contribution >= 0.6 is 11.6 Å². The van der Waals surface area contributed by atoms with Gasteiger partial charge >= 0.3 is 0 Å². The molecule has 1 aromatic carbocycles. The molecule has 6 heteroatoms. The lowest BCUT2D eigenvalue weighted by Gasteiger charge is -2.16. The fourth-order valence-corrected chi connectivity index (χ4v) is 1.61. The fourth-order valence-electron chi connectivity index (χ4n) is 1.43. The van der Waals surface area contributed by atoms with Crippen molar-refractivity contribution in [3.63, 3.8) is 0 Å². The summed E-state index contributed by atoms with van der Waals surface area (Å²) in [5, 5.41) is 13.9. The first-order chi connectivity index (χ1) is 8.82. The number of hydrogen-bond donors (Lipinski definition) is 1. The van der Waals surface area contributed by atoms with Crippen LogP contribution in [0.3, 0.4) is 0 Å². The van der Waals surface area contributed by atoms with Crippen LogP contribution in [0.1, 0.15) is 31.1 Å². The molecule has 1 rings (SSSR count). The smallest absolute Gasteiger partial charge is 0.282 e. The van der Waals surface area contributed by atoms with E-state index < -0.39 is 10.8 Å². The van der Waals surface area contributed by atoms with Crippen LogP contribution in [0.2, 0.25) is 5.02 Å². The van der Waals surface area contributed by atoms with Crippen molar-refractivity contribution in [1.82, 2.24) is 5.32 Å². The number of amides is 1. The summed E-state index contributed by atoms with van der Waals surface area (Å²) < 4.78 is 0. The molecule has 0 radical (unpaired) electrons. The number of nitro groups is 1. The van der Waals surface area contributed by atoms with Crippen LogP contribution in [0.5, 0.6) is 0 Å². The first-order valence-electron chi connectivity index (χ1n) is 6.05. The van der Waals surface area contributed by atoms with Gasteiger partial charge in [0, 0.05) is 17.6 Å². The van der Waals surface area contributed by atoms with Gasteiger partial charge < -0.3 is 5.32 Å². The zero-order valence-electron chi connectivity index (χ0n) is 11.1. The number of rotatable bonds is 5. The third-order valence-corrected chi connectivity index (χ3v) is 3.36. The highest BCUT2D eigenvalue weighted by atomic mass is 35.5. The molecular formula is C13H17ClN2O3. The molecule has 104 valence electrons. The van der Waals surface area contributed by atoms with Gasteiger partial charge in [0.15, 0.2) is 0 Å². The SMILES string of the molecule is CC(C)C(C)CNC(=O)c1cc(Cl)ccc1[N+](=O)[O-]. The van der Waals surface area contributed by atoms with E-state index >= 15 is 0 Å². The normalized spacial score (nSPS) is 12.3. The first-order valence-corrected chi connectivity index (χ1v) is 6.43. The number of carbonyl (C=O) groups is 1. The van der Waals surface area contributed by atoms with Gasteiger partial charge in [0.25, 0.3) is 11.6 Å². The molecule has 1 amide bonds. The first kappa shape index (κ1) is 15.4. The van der Waals surface area contributed by atoms with E-state index in [0.29, 0.717) is 23.4 Å². The summed E-state index contributed by atoms with van der Waals surface area (Å²) in [5.74, 6) is 0.249. The van der Waals surface area contributed by atoms with Crippen molar-refractivity contribution in [3.05, 3.63) is 38.9 Å². The Morgan fingerprint density at radius 1 is 1.42 bits per heavy atom. The molecule has 0 heterocycles. The van der Waals surface area contributed by atoms with E-state index in [9.17, 15) is 14.9 Å². The molecule has 5 nitrogen and oxygen atoms in total. The summed E-state index contributed by atoms with van der Waals surface area (Å²) in [6.07, 6.45) is 0. The van der Waals surface area contributed by atoms with Crippen molar-refractivity contribution in [3.8, 4) is 0 Å². The zero-order chi connectivity index (χ0) is 14.6. The summed E-state index contributed by atoms with van der Waals surface area (Å²) in [7, 11) is 0. The Labute approximate surface area is 117 Å². The standard InChI is InChI=1S/C13H17ClN2O3/c1-8(2)9(3)7-15-13(17)11-6-10(14)4-5-12(11)16(18)19/h4-6,8-9H,7H2,1-3H3,(H,15,17). The largest absolute Gasteiger partial charge is 0.352 e. The molecule has 0 aliphatic rings. The number of nitrogens with zero attached hydrogens (tertiary/aromatic N) is 1. The van der Waals surface area contributed by atoms with Gasteiger partial charge in [-0.2, -0.15) is 0 Å². The van der Waals surface area contributed by atoms with Crippen LogP contribution in [-0.4, -0.2) is 17.4 Å². The van der Waals surface area contributed by atoms with Gasteiger partial charge in [-0.25, -0.2) is 0 Å². The third kappa shape index (κ3) is 4.21. The predicted octanol–water partition coefficient (Wildman–Crippen LogP) is 3.27. The monoisotopic (exact) mass is 284 g/mol. The average Bonchev–Trinajstić information content (AvgIpc) is 2.34. The van der Waals surface area contributed by atoms with Gasteiger partial charge in [-0.15, -0.1) is 0 Å². The highest BCUT2D eigenvalue weighted by molar-refractivity contribution is 6.31. The molecule has 0 fully saturated rings. The minimum Gasteiger partial charge on any atom is -0.352 e. The molecule has 0 aromatic heterocycles. The summed E-state index contributed by atoms with van der Waals surface area (Å²) >= 11 is 5.78. The maximum Gasteiger partial charge on any atom is 0.282 e. The molecule has 1 unspecified atom stereocenters. The number of benzene rings is 1. The zero-order valence-corrected chi connectivity index (χ0v) is 11.9. The number of nitro benzene ring substituents is 1. The Bertz CT molecular complexity index is 489. The van der Waals surface area contributed by atoms with E-state index in [2.05, 4.69) is 19.2 Å². The van der Waals surface area contributed by atoms with Crippen LogP contribution in [0, 0.1) is 22.0 Å². The molecule has 0 aliphatic carbocycles. The molecule has 0 saturated heterocycles. The lowest BCUT2D eigenvalue weighted by Crippen LogP contribution is -2.30. The highest BCUT2D eigenvalue weighted by Gasteiger charge is 2.21. The fraction of sp³-hybridized carbons (Fsp3) is 0.462. The Kier molecular flexibility index (Phi) is 5.30. The molecule has 19 heavy (non-hydrogen) atoms. The van der Waals surface area contributed by atoms with Crippen molar-refractivity contribution < 1.29 is 9.72 Å². The van der Waals surface area contributed by atoms with Gasteiger partial charge in [0.2, 0.25) is 0 Å². The number of hydrogen-bond acceptors (Lipinski definition) is 3. The van der Waals surface area contributed by atoms with Crippen LogP contribution in [0.15, 0.2) is 18.2 Å².